The maximum atomic E-state index is 12.8. The largest absolute Gasteiger partial charge is 0.480 e. The molecule has 0 aliphatic heterocycles. The Hall–Kier alpha value is -3.17. The fraction of sp³-hybridized carbons (Fsp3) is 0.143. The van der Waals surface area contributed by atoms with Gasteiger partial charge in [-0.3, -0.25) is 9.59 Å². The number of aromatic nitrogens is 4. The monoisotopic (exact) mass is 338 g/mol. The Labute approximate surface area is 131 Å². The molecule has 0 fully saturated rings. The number of carbonyl (C=O) groups is 1. The number of alkyl halides is 3. The Morgan fingerprint density at radius 1 is 1.25 bits per heavy atom. The fourth-order valence-electron chi connectivity index (χ4n) is 2.17. The quantitative estimate of drug-likeness (QED) is 0.784. The van der Waals surface area contributed by atoms with E-state index in [0.29, 0.717) is 0 Å². The van der Waals surface area contributed by atoms with Gasteiger partial charge in [0.15, 0.2) is 0 Å². The van der Waals surface area contributed by atoms with Crippen LogP contribution in [0.4, 0.5) is 13.2 Å². The van der Waals surface area contributed by atoms with Crippen molar-refractivity contribution >= 4 is 11.5 Å². The van der Waals surface area contributed by atoms with Gasteiger partial charge in [-0.15, -0.1) is 0 Å². The van der Waals surface area contributed by atoms with Crippen molar-refractivity contribution in [1.82, 2.24) is 19.4 Å². The lowest BCUT2D eigenvalue weighted by Gasteiger charge is -2.07. The average molecular weight is 338 g/mol. The molecule has 0 aliphatic carbocycles. The second-order valence-corrected chi connectivity index (χ2v) is 4.93. The topological polar surface area (TPSA) is 89.5 Å². The van der Waals surface area contributed by atoms with Gasteiger partial charge in [-0.1, -0.05) is 12.1 Å². The molecule has 0 amide bonds. The lowest BCUT2D eigenvalue weighted by Crippen LogP contribution is -2.27. The van der Waals surface area contributed by atoms with Crippen LogP contribution in [0.2, 0.25) is 0 Å². The third-order valence-electron chi connectivity index (χ3n) is 3.26. The minimum absolute atomic E-state index is 0.0126. The van der Waals surface area contributed by atoms with Gasteiger partial charge < -0.3 is 5.11 Å². The number of aliphatic carboxylic acids is 1. The minimum Gasteiger partial charge on any atom is -0.480 e. The first-order chi connectivity index (χ1) is 11.3. The van der Waals surface area contributed by atoms with Gasteiger partial charge in [-0.2, -0.15) is 23.4 Å². The number of carboxylic acids is 1. The summed E-state index contributed by atoms with van der Waals surface area (Å²) in [5.74, 6) is -1.24. The van der Waals surface area contributed by atoms with Crippen molar-refractivity contribution < 1.29 is 23.1 Å². The Morgan fingerprint density at radius 2 is 2.00 bits per heavy atom. The van der Waals surface area contributed by atoms with Crippen molar-refractivity contribution in [3.8, 4) is 11.3 Å². The molecule has 0 atom stereocenters. The number of hydrogen-bond acceptors (Lipinski definition) is 4. The van der Waals surface area contributed by atoms with Crippen molar-refractivity contribution in [3.63, 3.8) is 0 Å². The third kappa shape index (κ3) is 2.85. The van der Waals surface area contributed by atoms with Crippen LogP contribution in [-0.2, 0) is 17.5 Å². The van der Waals surface area contributed by atoms with E-state index in [4.69, 9.17) is 5.11 Å². The van der Waals surface area contributed by atoms with Crippen LogP contribution in [0.3, 0.4) is 0 Å². The maximum absolute atomic E-state index is 12.8. The van der Waals surface area contributed by atoms with Crippen LogP contribution in [0.1, 0.15) is 5.56 Å². The highest BCUT2D eigenvalue weighted by Gasteiger charge is 2.30. The fourth-order valence-corrected chi connectivity index (χ4v) is 2.17. The van der Waals surface area contributed by atoms with E-state index in [1.165, 1.54) is 18.2 Å². The second-order valence-electron chi connectivity index (χ2n) is 4.93. The summed E-state index contributed by atoms with van der Waals surface area (Å²) in [6.07, 6.45) is -3.37. The number of rotatable bonds is 3. The molecule has 10 heteroatoms. The molecule has 7 nitrogen and oxygen atoms in total. The highest BCUT2D eigenvalue weighted by Crippen LogP contribution is 2.31. The molecule has 2 heterocycles. The van der Waals surface area contributed by atoms with Crippen LogP contribution in [0.5, 0.6) is 0 Å². The molecule has 0 bridgehead atoms. The van der Waals surface area contributed by atoms with Gasteiger partial charge in [0.25, 0.3) is 5.56 Å². The molecule has 0 saturated carbocycles. The zero-order chi connectivity index (χ0) is 17.5. The summed E-state index contributed by atoms with van der Waals surface area (Å²) in [5, 5.41) is 16.4. The van der Waals surface area contributed by atoms with E-state index in [1.54, 1.807) is 0 Å². The lowest BCUT2D eigenvalue weighted by molar-refractivity contribution is -0.138. The number of carboxylic acid groups (broad SMARTS) is 1. The lowest BCUT2D eigenvalue weighted by atomic mass is 10.1. The van der Waals surface area contributed by atoms with Crippen molar-refractivity contribution in [2.45, 2.75) is 12.7 Å². The first-order valence-corrected chi connectivity index (χ1v) is 6.60. The van der Waals surface area contributed by atoms with Crippen LogP contribution < -0.4 is 5.56 Å². The highest BCUT2D eigenvalue weighted by atomic mass is 19.4. The van der Waals surface area contributed by atoms with Gasteiger partial charge in [-0.05, 0) is 18.2 Å². The molecule has 124 valence electrons. The molecule has 3 aromatic rings. The molecule has 3 rings (SSSR count). The summed E-state index contributed by atoms with van der Waals surface area (Å²) in [6.45, 7) is -0.626. The van der Waals surface area contributed by atoms with Gasteiger partial charge in [0.1, 0.15) is 18.4 Å². The van der Waals surface area contributed by atoms with E-state index < -0.39 is 29.8 Å². The first-order valence-electron chi connectivity index (χ1n) is 6.60. The molecule has 0 saturated heterocycles. The summed E-state index contributed by atoms with van der Waals surface area (Å²) < 4.78 is 40.2. The predicted octanol–water partition coefficient (Wildman–Crippen LogP) is 1.66. The number of fused-ring (bicyclic) bond motifs is 1. The van der Waals surface area contributed by atoms with Crippen LogP contribution in [0, 0.1) is 0 Å². The van der Waals surface area contributed by atoms with Crippen molar-refractivity contribution in [2.24, 2.45) is 0 Å². The van der Waals surface area contributed by atoms with Gasteiger partial charge in [0.05, 0.1) is 11.3 Å². The summed E-state index contributed by atoms with van der Waals surface area (Å²) in [6, 6.07) is 5.81. The normalized spacial score (nSPS) is 11.8. The molecular weight excluding hydrogens is 329 g/mol. The summed E-state index contributed by atoms with van der Waals surface area (Å²) in [5.41, 5.74) is -1.20. The van der Waals surface area contributed by atoms with E-state index in [1.807, 2.05) is 0 Å². The Morgan fingerprint density at radius 3 is 2.67 bits per heavy atom. The first kappa shape index (κ1) is 15.7. The second kappa shape index (κ2) is 5.48. The zero-order valence-corrected chi connectivity index (χ0v) is 11.9. The number of hydrogen-bond donors (Lipinski definition) is 1. The number of benzene rings is 1. The van der Waals surface area contributed by atoms with Gasteiger partial charge in [0, 0.05) is 5.56 Å². The highest BCUT2D eigenvalue weighted by molar-refractivity contribution is 5.68. The van der Waals surface area contributed by atoms with Gasteiger partial charge in [0.2, 0.25) is 0 Å². The minimum atomic E-state index is -4.50. The van der Waals surface area contributed by atoms with E-state index in [0.717, 1.165) is 27.7 Å². The smallest absolute Gasteiger partial charge is 0.416 e. The molecule has 0 aliphatic rings. The summed E-state index contributed by atoms with van der Waals surface area (Å²) >= 11 is 0. The van der Waals surface area contributed by atoms with Crippen LogP contribution in [0.25, 0.3) is 16.8 Å². The molecule has 1 N–H and O–H groups in total. The average Bonchev–Trinajstić information content (AvgIpc) is 2.94. The van der Waals surface area contributed by atoms with Crippen LogP contribution in [0.15, 0.2) is 41.5 Å². The third-order valence-corrected chi connectivity index (χ3v) is 3.26. The van der Waals surface area contributed by atoms with E-state index in [9.17, 15) is 22.8 Å². The van der Waals surface area contributed by atoms with Crippen molar-refractivity contribution in [2.75, 3.05) is 0 Å². The molecule has 2 aromatic heterocycles. The molecule has 0 unspecified atom stereocenters. The summed E-state index contributed by atoms with van der Waals surface area (Å²) in [7, 11) is 0. The van der Waals surface area contributed by atoms with E-state index in [2.05, 4.69) is 10.2 Å². The Balaban J connectivity index is 2.10. The molecule has 0 radical (unpaired) electrons. The standard InChI is InChI=1S/C14H9F3N4O3/c15-14(16,17)9-3-1-2-8(4-9)10-5-11-13(24)20(6-12(22)23)18-7-21(11)19-10/h1-5,7H,6H2,(H,22,23). The Bertz CT molecular complexity index is 991. The van der Waals surface area contributed by atoms with Gasteiger partial charge in [-0.25, -0.2) is 9.20 Å². The van der Waals surface area contributed by atoms with Crippen molar-refractivity contribution in [3.05, 3.63) is 52.6 Å². The predicted molar refractivity (Wildman–Crippen MR) is 75.3 cm³/mol. The van der Waals surface area contributed by atoms with Crippen LogP contribution in [-0.4, -0.2) is 30.5 Å². The molecule has 24 heavy (non-hydrogen) atoms. The van der Waals surface area contributed by atoms with Crippen LogP contribution >= 0.6 is 0 Å². The Kier molecular flexibility index (Phi) is 3.59. The van der Waals surface area contributed by atoms with Gasteiger partial charge >= 0.3 is 12.1 Å². The zero-order valence-electron chi connectivity index (χ0n) is 11.9. The number of halogens is 3. The molecular formula is C14H9F3N4O3. The maximum Gasteiger partial charge on any atom is 0.416 e. The number of nitrogens with zero attached hydrogens (tertiary/aromatic N) is 4. The molecule has 0 spiro atoms. The molecule has 1 aromatic carbocycles. The summed E-state index contributed by atoms with van der Waals surface area (Å²) in [4.78, 5) is 22.8. The SMILES string of the molecule is O=C(O)Cn1ncn2nc(-c3cccc(C(F)(F)F)c3)cc2c1=O. The van der Waals surface area contributed by atoms with E-state index in [-0.39, 0.29) is 16.8 Å². The van der Waals surface area contributed by atoms with Crippen molar-refractivity contribution in [1.29, 1.82) is 0 Å². The van der Waals surface area contributed by atoms with E-state index >= 15 is 0 Å².